The van der Waals surface area contributed by atoms with Gasteiger partial charge in [-0.15, -0.1) is 0 Å². The molecule has 0 spiro atoms. The lowest BCUT2D eigenvalue weighted by Crippen LogP contribution is -2.28. The van der Waals surface area contributed by atoms with E-state index in [-0.39, 0.29) is 24.0 Å². The fraction of sp³-hybridized carbons (Fsp3) is 0.412. The molecule has 0 unspecified atom stereocenters. The van der Waals surface area contributed by atoms with Crippen LogP contribution in [0, 0.1) is 0 Å². The first-order valence-corrected chi connectivity index (χ1v) is 8.92. The molecule has 4 nitrogen and oxygen atoms in total. The molecular formula is C17H16Cl2F3N3O. The number of benzene rings is 1. The molecule has 0 atom stereocenters. The Balaban J connectivity index is 1.69. The molecule has 0 fully saturated rings. The predicted octanol–water partition coefficient (Wildman–Crippen LogP) is 4.52. The summed E-state index contributed by atoms with van der Waals surface area (Å²) in [6.07, 6.45) is -1.93. The van der Waals surface area contributed by atoms with Gasteiger partial charge in [-0.3, -0.25) is 9.48 Å². The molecule has 0 bridgehead atoms. The first kappa shape index (κ1) is 19.0. The fourth-order valence-corrected chi connectivity index (χ4v) is 3.40. The van der Waals surface area contributed by atoms with Crippen molar-refractivity contribution in [2.75, 3.05) is 6.54 Å². The number of carbonyl (C=O) groups is 1. The van der Waals surface area contributed by atoms with Gasteiger partial charge in [0.05, 0.1) is 16.6 Å². The topological polar surface area (TPSA) is 46.9 Å². The van der Waals surface area contributed by atoms with Crippen LogP contribution in [0.15, 0.2) is 18.2 Å². The molecule has 1 aromatic carbocycles. The van der Waals surface area contributed by atoms with Gasteiger partial charge in [-0.05, 0) is 43.9 Å². The van der Waals surface area contributed by atoms with Gasteiger partial charge >= 0.3 is 6.18 Å². The third-order valence-corrected chi connectivity index (χ3v) is 5.06. The molecule has 2 aromatic rings. The minimum Gasteiger partial charge on any atom is -0.350 e. The van der Waals surface area contributed by atoms with E-state index in [2.05, 4.69) is 10.4 Å². The van der Waals surface area contributed by atoms with Gasteiger partial charge in [0.1, 0.15) is 0 Å². The Kier molecular flexibility index (Phi) is 5.48. The zero-order valence-corrected chi connectivity index (χ0v) is 15.2. The van der Waals surface area contributed by atoms with Gasteiger partial charge in [0.2, 0.25) is 0 Å². The highest BCUT2D eigenvalue weighted by atomic mass is 35.5. The summed E-state index contributed by atoms with van der Waals surface area (Å²) in [5.74, 6) is -0.374. The van der Waals surface area contributed by atoms with E-state index in [4.69, 9.17) is 23.2 Å². The first-order chi connectivity index (χ1) is 12.3. The first-order valence-electron chi connectivity index (χ1n) is 8.16. The molecule has 1 aliphatic carbocycles. The van der Waals surface area contributed by atoms with Crippen LogP contribution in [0.2, 0.25) is 10.0 Å². The highest BCUT2D eigenvalue weighted by Gasteiger charge is 2.39. The van der Waals surface area contributed by atoms with Crippen molar-refractivity contribution in [1.29, 1.82) is 0 Å². The van der Waals surface area contributed by atoms with Crippen molar-refractivity contribution in [3.05, 3.63) is 50.8 Å². The Labute approximate surface area is 158 Å². The molecule has 9 heteroatoms. The lowest BCUT2D eigenvalue weighted by atomic mass is 9.95. The van der Waals surface area contributed by atoms with E-state index in [1.165, 1.54) is 22.9 Å². The molecule has 0 saturated heterocycles. The summed E-state index contributed by atoms with van der Waals surface area (Å²) in [7, 11) is 0. The van der Waals surface area contributed by atoms with Gasteiger partial charge in [-0.2, -0.15) is 18.3 Å². The number of nitrogens with one attached hydrogen (secondary N) is 1. The van der Waals surface area contributed by atoms with E-state index >= 15 is 0 Å². The van der Waals surface area contributed by atoms with Crippen molar-refractivity contribution < 1.29 is 18.0 Å². The maximum Gasteiger partial charge on any atom is 0.435 e. The molecule has 0 aliphatic heterocycles. The van der Waals surface area contributed by atoms with Crippen LogP contribution in [0.5, 0.6) is 0 Å². The monoisotopic (exact) mass is 405 g/mol. The zero-order valence-electron chi connectivity index (χ0n) is 13.7. The molecule has 0 radical (unpaired) electrons. The number of hydrogen-bond acceptors (Lipinski definition) is 2. The van der Waals surface area contributed by atoms with Crippen molar-refractivity contribution in [3.8, 4) is 0 Å². The molecular weight excluding hydrogens is 390 g/mol. The predicted molar refractivity (Wildman–Crippen MR) is 92.7 cm³/mol. The highest BCUT2D eigenvalue weighted by molar-refractivity contribution is 6.42. The molecule has 1 aromatic heterocycles. The van der Waals surface area contributed by atoms with Crippen LogP contribution < -0.4 is 5.32 Å². The highest BCUT2D eigenvalue weighted by Crippen LogP contribution is 2.35. The van der Waals surface area contributed by atoms with Crippen LogP contribution >= 0.6 is 23.2 Å². The molecule has 1 amide bonds. The number of hydrogen-bond donors (Lipinski definition) is 1. The minimum atomic E-state index is -4.46. The molecule has 1 heterocycles. The fourth-order valence-electron chi connectivity index (χ4n) is 3.10. The zero-order chi connectivity index (χ0) is 18.9. The summed E-state index contributed by atoms with van der Waals surface area (Å²) >= 11 is 11.7. The van der Waals surface area contributed by atoms with Crippen LogP contribution in [0.4, 0.5) is 13.2 Å². The Morgan fingerprint density at radius 3 is 2.62 bits per heavy atom. The van der Waals surface area contributed by atoms with Crippen molar-refractivity contribution in [2.24, 2.45) is 0 Å². The molecule has 1 N–H and O–H groups in total. The van der Waals surface area contributed by atoms with Gasteiger partial charge in [-0.25, -0.2) is 0 Å². The van der Waals surface area contributed by atoms with Crippen molar-refractivity contribution in [2.45, 2.75) is 38.4 Å². The maximum absolute atomic E-state index is 13.2. The van der Waals surface area contributed by atoms with Gasteiger partial charge in [0.15, 0.2) is 5.69 Å². The third-order valence-electron chi connectivity index (χ3n) is 4.32. The van der Waals surface area contributed by atoms with Crippen LogP contribution in [0.1, 0.15) is 40.2 Å². The van der Waals surface area contributed by atoms with E-state index in [0.29, 0.717) is 34.7 Å². The Morgan fingerprint density at radius 1 is 1.19 bits per heavy atom. The summed E-state index contributed by atoms with van der Waals surface area (Å²) in [5, 5.41) is 7.02. The second kappa shape index (κ2) is 7.48. The van der Waals surface area contributed by atoms with E-state index in [1.54, 1.807) is 0 Å². The van der Waals surface area contributed by atoms with E-state index in [1.807, 2.05) is 0 Å². The molecule has 3 rings (SSSR count). The van der Waals surface area contributed by atoms with Gasteiger partial charge < -0.3 is 5.32 Å². The standard InChI is InChI=1S/C17H16Cl2F3N3O/c18-12-6-5-10(9-13(12)19)16(26)23-7-8-25-14-4-2-1-3-11(14)15(24-25)17(20,21)22/h5-6,9H,1-4,7-8H2,(H,23,26). The van der Waals surface area contributed by atoms with Crippen LogP contribution in [-0.2, 0) is 25.6 Å². The lowest BCUT2D eigenvalue weighted by molar-refractivity contribution is -0.142. The number of nitrogens with zero attached hydrogens (tertiary/aromatic N) is 2. The minimum absolute atomic E-state index is 0.157. The molecule has 1 aliphatic rings. The van der Waals surface area contributed by atoms with E-state index in [0.717, 1.165) is 12.8 Å². The Bertz CT molecular complexity index is 833. The maximum atomic E-state index is 13.2. The summed E-state index contributed by atoms with van der Waals surface area (Å²) in [4.78, 5) is 12.1. The Morgan fingerprint density at radius 2 is 1.92 bits per heavy atom. The number of carbonyl (C=O) groups excluding carboxylic acids is 1. The average Bonchev–Trinajstić information content (AvgIpc) is 2.96. The van der Waals surface area contributed by atoms with Crippen molar-refractivity contribution in [1.82, 2.24) is 15.1 Å². The molecule has 0 saturated carbocycles. The van der Waals surface area contributed by atoms with Crippen LogP contribution in [-0.4, -0.2) is 22.2 Å². The average molecular weight is 406 g/mol. The van der Waals surface area contributed by atoms with Gasteiger partial charge in [-0.1, -0.05) is 23.2 Å². The largest absolute Gasteiger partial charge is 0.435 e. The van der Waals surface area contributed by atoms with Gasteiger partial charge in [0, 0.05) is 23.4 Å². The van der Waals surface area contributed by atoms with E-state index < -0.39 is 11.9 Å². The second-order valence-corrected chi connectivity index (χ2v) is 6.90. The summed E-state index contributed by atoms with van der Waals surface area (Å²) in [5.41, 5.74) is 0.438. The quantitative estimate of drug-likeness (QED) is 0.812. The third kappa shape index (κ3) is 3.99. The number of rotatable bonds is 4. The molecule has 140 valence electrons. The lowest BCUT2D eigenvalue weighted by Gasteiger charge is -2.15. The summed E-state index contributed by atoms with van der Waals surface area (Å²) < 4.78 is 40.9. The van der Waals surface area contributed by atoms with Crippen LogP contribution in [0.25, 0.3) is 0 Å². The molecule has 26 heavy (non-hydrogen) atoms. The van der Waals surface area contributed by atoms with Crippen molar-refractivity contribution in [3.63, 3.8) is 0 Å². The summed E-state index contributed by atoms with van der Waals surface area (Å²) in [6, 6.07) is 4.48. The number of halogens is 5. The Hall–Kier alpha value is -1.73. The number of fused-ring (bicyclic) bond motifs is 1. The van der Waals surface area contributed by atoms with Gasteiger partial charge in [0.25, 0.3) is 5.91 Å². The van der Waals surface area contributed by atoms with Crippen molar-refractivity contribution >= 4 is 29.1 Å². The number of amides is 1. The number of aromatic nitrogens is 2. The summed E-state index contributed by atoms with van der Waals surface area (Å²) in [6.45, 7) is 0.329. The van der Waals surface area contributed by atoms with E-state index in [9.17, 15) is 18.0 Å². The number of alkyl halides is 3. The normalized spacial score (nSPS) is 14.2. The SMILES string of the molecule is O=C(NCCn1nc(C(F)(F)F)c2c1CCCC2)c1ccc(Cl)c(Cl)c1. The second-order valence-electron chi connectivity index (χ2n) is 6.09. The van der Waals surface area contributed by atoms with Crippen LogP contribution in [0.3, 0.4) is 0 Å². The smallest absolute Gasteiger partial charge is 0.350 e.